The Labute approximate surface area is 99.7 Å². The molecule has 1 aliphatic heterocycles. The van der Waals surface area contributed by atoms with Crippen LogP contribution in [0.25, 0.3) is 0 Å². The summed E-state index contributed by atoms with van der Waals surface area (Å²) in [5.41, 5.74) is 0. The molecule has 1 unspecified atom stereocenters. The number of nitrogens with zero attached hydrogens (tertiary/aromatic N) is 2. The number of nitrogens with one attached hydrogen (secondary N) is 1. The molecule has 0 saturated carbocycles. The van der Waals surface area contributed by atoms with Gasteiger partial charge in [-0.15, -0.1) is 0 Å². The van der Waals surface area contributed by atoms with Gasteiger partial charge in [-0.3, -0.25) is 15.0 Å². The lowest BCUT2D eigenvalue weighted by molar-refractivity contribution is -0.402. The van der Waals surface area contributed by atoms with Gasteiger partial charge in [0, 0.05) is 12.6 Å². The maximum absolute atomic E-state index is 10.5. The molecule has 0 aromatic carbocycles. The van der Waals surface area contributed by atoms with E-state index in [9.17, 15) is 10.1 Å². The average Bonchev–Trinajstić information content (AvgIpc) is 2.79. The molecule has 1 saturated heterocycles. The van der Waals surface area contributed by atoms with Crippen LogP contribution < -0.4 is 5.32 Å². The number of furan rings is 1. The van der Waals surface area contributed by atoms with Crippen LogP contribution in [0.3, 0.4) is 0 Å². The maximum Gasteiger partial charge on any atom is 0.433 e. The van der Waals surface area contributed by atoms with Crippen LogP contribution in [0.5, 0.6) is 0 Å². The average molecular weight is 239 g/mol. The van der Waals surface area contributed by atoms with Gasteiger partial charge in [0.05, 0.1) is 12.6 Å². The van der Waals surface area contributed by atoms with Crippen LogP contribution >= 0.6 is 0 Å². The first-order chi connectivity index (χ1) is 8.16. The fraction of sp³-hybridized carbons (Fsp3) is 0.636. The van der Waals surface area contributed by atoms with Gasteiger partial charge in [0.2, 0.25) is 0 Å². The molecule has 6 nitrogen and oxygen atoms in total. The Morgan fingerprint density at radius 3 is 3.06 bits per heavy atom. The van der Waals surface area contributed by atoms with Gasteiger partial charge in [-0.1, -0.05) is 0 Å². The number of hydrogen-bond donors (Lipinski definition) is 1. The second-order valence-electron chi connectivity index (χ2n) is 4.41. The third-order valence-electron chi connectivity index (χ3n) is 3.13. The summed E-state index contributed by atoms with van der Waals surface area (Å²) in [5.74, 6) is 0.458. The van der Waals surface area contributed by atoms with Crippen LogP contribution in [0, 0.1) is 10.1 Å². The van der Waals surface area contributed by atoms with Gasteiger partial charge >= 0.3 is 5.88 Å². The Kier molecular flexibility index (Phi) is 3.75. The molecule has 0 amide bonds. The normalized spacial score (nSPS) is 20.7. The van der Waals surface area contributed by atoms with E-state index in [0.717, 1.165) is 19.5 Å². The molecule has 1 N–H and O–H groups in total. The lowest BCUT2D eigenvalue weighted by atomic mass is 10.1. The second kappa shape index (κ2) is 5.29. The second-order valence-corrected chi connectivity index (χ2v) is 4.41. The first-order valence-electron chi connectivity index (χ1n) is 5.81. The summed E-state index contributed by atoms with van der Waals surface area (Å²) in [5, 5.41) is 13.8. The molecular formula is C11H17N3O3. The highest BCUT2D eigenvalue weighted by Crippen LogP contribution is 2.18. The van der Waals surface area contributed by atoms with Crippen molar-refractivity contribution in [2.24, 2.45) is 0 Å². The third kappa shape index (κ3) is 3.04. The molecular weight excluding hydrogens is 222 g/mol. The van der Waals surface area contributed by atoms with Crippen LogP contribution in [0.4, 0.5) is 5.88 Å². The van der Waals surface area contributed by atoms with E-state index in [1.165, 1.54) is 12.5 Å². The molecule has 2 heterocycles. The zero-order valence-electron chi connectivity index (χ0n) is 9.89. The number of rotatable bonds is 4. The van der Waals surface area contributed by atoms with Crippen molar-refractivity contribution in [1.29, 1.82) is 0 Å². The molecule has 94 valence electrons. The fourth-order valence-corrected chi connectivity index (χ4v) is 2.13. The molecule has 1 aliphatic rings. The van der Waals surface area contributed by atoms with Gasteiger partial charge in [0.15, 0.2) is 0 Å². The first kappa shape index (κ1) is 12.1. The van der Waals surface area contributed by atoms with Gasteiger partial charge in [0.25, 0.3) is 0 Å². The number of likely N-dealkylation sites (N-methyl/N-ethyl adjacent to an activating group) is 1. The standard InChI is InChI=1S/C11H17N3O3/c1-13(9-3-2-6-12-7-9)8-10-4-5-11(17-10)14(15)16/h4-5,9,12H,2-3,6-8H2,1H3. The highest BCUT2D eigenvalue weighted by molar-refractivity contribution is 5.17. The molecule has 0 aliphatic carbocycles. The van der Waals surface area contributed by atoms with Crippen LogP contribution in [-0.4, -0.2) is 36.0 Å². The molecule has 6 heteroatoms. The zero-order chi connectivity index (χ0) is 12.3. The summed E-state index contributed by atoms with van der Waals surface area (Å²) in [6, 6.07) is 3.56. The van der Waals surface area contributed by atoms with Gasteiger partial charge in [-0.2, -0.15) is 0 Å². The summed E-state index contributed by atoms with van der Waals surface area (Å²) in [6.45, 7) is 2.66. The van der Waals surface area contributed by atoms with Crippen molar-refractivity contribution >= 4 is 5.88 Å². The minimum atomic E-state index is -0.508. The van der Waals surface area contributed by atoms with E-state index in [0.29, 0.717) is 18.3 Å². The minimum absolute atomic E-state index is 0.185. The van der Waals surface area contributed by atoms with Gasteiger partial charge in [-0.25, -0.2) is 0 Å². The van der Waals surface area contributed by atoms with E-state index in [1.54, 1.807) is 6.07 Å². The smallest absolute Gasteiger partial charge is 0.404 e. The lowest BCUT2D eigenvalue weighted by Gasteiger charge is -2.30. The highest BCUT2D eigenvalue weighted by Gasteiger charge is 2.20. The highest BCUT2D eigenvalue weighted by atomic mass is 16.6. The Morgan fingerprint density at radius 1 is 1.65 bits per heavy atom. The van der Waals surface area contributed by atoms with E-state index in [1.807, 2.05) is 7.05 Å². The van der Waals surface area contributed by atoms with E-state index >= 15 is 0 Å². The van der Waals surface area contributed by atoms with E-state index in [-0.39, 0.29) is 5.88 Å². The van der Waals surface area contributed by atoms with Crippen molar-refractivity contribution in [2.45, 2.75) is 25.4 Å². The summed E-state index contributed by atoms with van der Waals surface area (Å²) in [4.78, 5) is 12.2. The molecule has 1 fully saturated rings. The van der Waals surface area contributed by atoms with Crippen LogP contribution in [0.1, 0.15) is 18.6 Å². The van der Waals surface area contributed by atoms with Crippen molar-refractivity contribution in [3.05, 3.63) is 28.0 Å². The molecule has 1 atom stereocenters. The monoisotopic (exact) mass is 239 g/mol. The zero-order valence-corrected chi connectivity index (χ0v) is 9.89. The van der Waals surface area contributed by atoms with Crippen molar-refractivity contribution in [3.63, 3.8) is 0 Å². The predicted octanol–water partition coefficient (Wildman–Crippen LogP) is 1.37. The van der Waals surface area contributed by atoms with E-state index in [4.69, 9.17) is 4.42 Å². The summed E-state index contributed by atoms with van der Waals surface area (Å²) >= 11 is 0. The number of nitro groups is 1. The van der Waals surface area contributed by atoms with Gasteiger partial charge in [0.1, 0.15) is 10.7 Å². The molecule has 0 radical (unpaired) electrons. The molecule has 1 aromatic heterocycles. The Hall–Kier alpha value is -1.40. The van der Waals surface area contributed by atoms with Crippen LogP contribution in [0.15, 0.2) is 16.5 Å². The fourth-order valence-electron chi connectivity index (χ4n) is 2.13. The van der Waals surface area contributed by atoms with E-state index in [2.05, 4.69) is 10.2 Å². The molecule has 1 aromatic rings. The Morgan fingerprint density at radius 2 is 2.47 bits per heavy atom. The van der Waals surface area contributed by atoms with Crippen molar-refractivity contribution in [3.8, 4) is 0 Å². The molecule has 0 spiro atoms. The van der Waals surface area contributed by atoms with E-state index < -0.39 is 4.92 Å². The summed E-state index contributed by atoms with van der Waals surface area (Å²) < 4.78 is 5.15. The number of hydrogen-bond acceptors (Lipinski definition) is 5. The first-order valence-corrected chi connectivity index (χ1v) is 5.81. The Balaban J connectivity index is 1.92. The van der Waals surface area contributed by atoms with Crippen LogP contribution in [0.2, 0.25) is 0 Å². The quantitative estimate of drug-likeness (QED) is 0.634. The van der Waals surface area contributed by atoms with Crippen molar-refractivity contribution in [2.75, 3.05) is 20.1 Å². The largest absolute Gasteiger partial charge is 0.433 e. The van der Waals surface area contributed by atoms with Crippen molar-refractivity contribution in [1.82, 2.24) is 10.2 Å². The topological polar surface area (TPSA) is 71.5 Å². The SMILES string of the molecule is CN(Cc1ccc([N+](=O)[O-])o1)C1CCCNC1. The molecule has 2 rings (SSSR count). The maximum atomic E-state index is 10.5. The van der Waals surface area contributed by atoms with Crippen LogP contribution in [-0.2, 0) is 6.54 Å². The number of piperidine rings is 1. The van der Waals surface area contributed by atoms with Gasteiger partial charge in [-0.05, 0) is 32.5 Å². The molecule has 17 heavy (non-hydrogen) atoms. The Bertz CT molecular complexity index is 385. The third-order valence-corrected chi connectivity index (χ3v) is 3.13. The summed E-state index contributed by atoms with van der Waals surface area (Å²) in [6.07, 6.45) is 2.33. The minimum Gasteiger partial charge on any atom is -0.404 e. The summed E-state index contributed by atoms with van der Waals surface area (Å²) in [7, 11) is 2.02. The molecule has 0 bridgehead atoms. The van der Waals surface area contributed by atoms with Gasteiger partial charge < -0.3 is 9.73 Å². The van der Waals surface area contributed by atoms with Crippen molar-refractivity contribution < 1.29 is 9.34 Å². The predicted molar refractivity (Wildman–Crippen MR) is 62.7 cm³/mol. The lowest BCUT2D eigenvalue weighted by Crippen LogP contribution is -2.43.